The number of rotatable bonds is 6. The van der Waals surface area contributed by atoms with Crippen LogP contribution in [0.3, 0.4) is 0 Å². The van der Waals surface area contributed by atoms with Crippen molar-refractivity contribution in [3.05, 3.63) is 84.2 Å². The second kappa shape index (κ2) is 8.71. The molecule has 0 saturated heterocycles. The van der Waals surface area contributed by atoms with Crippen molar-refractivity contribution in [2.24, 2.45) is 5.73 Å². The molecule has 4 aromatic rings. The lowest BCUT2D eigenvalue weighted by Gasteiger charge is -2.08. The second-order valence-corrected chi connectivity index (χ2v) is 7.15. The zero-order valence-electron chi connectivity index (χ0n) is 16.6. The van der Waals surface area contributed by atoms with E-state index in [9.17, 15) is 14.0 Å². The number of hydrogen-bond acceptors (Lipinski definition) is 2. The number of halogens is 1. The molecule has 1 heterocycles. The molecular formula is C24H21FN4O2. The summed E-state index contributed by atoms with van der Waals surface area (Å²) in [7, 11) is 0. The van der Waals surface area contributed by atoms with Gasteiger partial charge in [-0.1, -0.05) is 30.3 Å². The van der Waals surface area contributed by atoms with Gasteiger partial charge in [0.05, 0.1) is 0 Å². The van der Waals surface area contributed by atoms with E-state index in [1.807, 2.05) is 30.3 Å². The van der Waals surface area contributed by atoms with Crippen molar-refractivity contribution in [3.8, 4) is 11.3 Å². The van der Waals surface area contributed by atoms with E-state index in [0.29, 0.717) is 17.8 Å². The van der Waals surface area contributed by atoms with Gasteiger partial charge in [0.15, 0.2) is 0 Å². The Morgan fingerprint density at radius 2 is 1.58 bits per heavy atom. The van der Waals surface area contributed by atoms with Gasteiger partial charge >= 0.3 is 6.03 Å². The number of carbonyl (C=O) groups is 2. The summed E-state index contributed by atoms with van der Waals surface area (Å²) >= 11 is 0. The first-order valence-corrected chi connectivity index (χ1v) is 9.81. The van der Waals surface area contributed by atoms with Crippen LogP contribution in [0, 0.1) is 5.82 Å². The monoisotopic (exact) mass is 416 g/mol. The van der Waals surface area contributed by atoms with Gasteiger partial charge in [-0.25, -0.2) is 9.18 Å². The van der Waals surface area contributed by atoms with Crippen LogP contribution in [0.2, 0.25) is 0 Å². The lowest BCUT2D eigenvalue weighted by Crippen LogP contribution is -2.19. The lowest BCUT2D eigenvalue weighted by atomic mass is 10.0. The Bertz CT molecular complexity index is 1230. The van der Waals surface area contributed by atoms with Crippen molar-refractivity contribution in [2.45, 2.75) is 12.8 Å². The van der Waals surface area contributed by atoms with E-state index in [-0.39, 0.29) is 18.1 Å². The molecule has 1 aromatic heterocycles. The summed E-state index contributed by atoms with van der Waals surface area (Å²) in [4.78, 5) is 26.8. The number of hydrogen-bond donors (Lipinski definition) is 4. The fraction of sp³-hybridized carbons (Fsp3) is 0.0833. The van der Waals surface area contributed by atoms with E-state index in [0.717, 1.165) is 27.7 Å². The molecule has 7 heteroatoms. The minimum atomic E-state index is -0.652. The zero-order chi connectivity index (χ0) is 21.8. The van der Waals surface area contributed by atoms with Crippen LogP contribution in [-0.2, 0) is 11.2 Å². The highest BCUT2D eigenvalue weighted by Gasteiger charge is 2.15. The standard InChI is InChI=1S/C24H21FN4O2/c25-16-6-12-21-20(14-16)19(23(29-21)15-4-2-1-3-5-15)11-13-22(30)27-17-7-9-18(10-8-17)28-24(26)31/h1-10,12,14,29H,11,13H2,(H,27,30)(H3,26,28,31). The topological polar surface area (TPSA) is 100 Å². The number of nitrogens with two attached hydrogens (primary N) is 1. The van der Waals surface area contributed by atoms with Crippen molar-refractivity contribution in [3.63, 3.8) is 0 Å². The summed E-state index contributed by atoms with van der Waals surface area (Å²) in [5, 5.41) is 6.07. The molecule has 6 nitrogen and oxygen atoms in total. The Morgan fingerprint density at radius 1 is 0.903 bits per heavy atom. The number of aryl methyl sites for hydroxylation is 1. The third-order valence-electron chi connectivity index (χ3n) is 4.97. The number of fused-ring (bicyclic) bond motifs is 1. The second-order valence-electron chi connectivity index (χ2n) is 7.15. The van der Waals surface area contributed by atoms with E-state index < -0.39 is 6.03 Å². The summed E-state index contributed by atoms with van der Waals surface area (Å²) < 4.78 is 13.9. The lowest BCUT2D eigenvalue weighted by molar-refractivity contribution is -0.116. The molecule has 0 spiro atoms. The Balaban J connectivity index is 1.52. The fourth-order valence-electron chi connectivity index (χ4n) is 3.57. The predicted molar refractivity (Wildman–Crippen MR) is 120 cm³/mol. The molecule has 0 bridgehead atoms. The average Bonchev–Trinajstić information content (AvgIpc) is 3.11. The Labute approximate surface area is 178 Å². The summed E-state index contributed by atoms with van der Waals surface area (Å²) in [6.45, 7) is 0. The van der Waals surface area contributed by atoms with Gasteiger partial charge in [-0.3, -0.25) is 4.79 Å². The highest BCUT2D eigenvalue weighted by atomic mass is 19.1. The maximum atomic E-state index is 13.9. The van der Waals surface area contributed by atoms with E-state index in [2.05, 4.69) is 15.6 Å². The number of benzene rings is 3. The van der Waals surface area contributed by atoms with Gasteiger partial charge in [0.2, 0.25) is 5.91 Å². The first kappa shape index (κ1) is 20.2. The molecule has 3 amide bonds. The third kappa shape index (κ3) is 4.72. The molecule has 0 aliphatic carbocycles. The number of anilines is 2. The summed E-state index contributed by atoms with van der Waals surface area (Å²) in [5.74, 6) is -0.484. The molecule has 0 atom stereocenters. The van der Waals surface area contributed by atoms with Crippen molar-refractivity contribution < 1.29 is 14.0 Å². The molecule has 156 valence electrons. The first-order valence-electron chi connectivity index (χ1n) is 9.81. The number of aromatic amines is 1. The Hall–Kier alpha value is -4.13. The maximum Gasteiger partial charge on any atom is 0.316 e. The number of carbonyl (C=O) groups excluding carboxylic acids is 2. The number of primary amides is 1. The number of nitrogens with one attached hydrogen (secondary N) is 3. The van der Waals surface area contributed by atoms with Gasteiger partial charge in [-0.2, -0.15) is 0 Å². The minimum absolute atomic E-state index is 0.166. The third-order valence-corrected chi connectivity index (χ3v) is 4.97. The number of amides is 3. The van der Waals surface area contributed by atoms with Crippen LogP contribution >= 0.6 is 0 Å². The summed E-state index contributed by atoms with van der Waals surface area (Å²) in [6.07, 6.45) is 0.672. The summed E-state index contributed by atoms with van der Waals surface area (Å²) in [6, 6.07) is 20.4. The van der Waals surface area contributed by atoms with E-state index in [4.69, 9.17) is 5.73 Å². The van der Waals surface area contributed by atoms with Gasteiger partial charge in [-0.05, 0) is 60.0 Å². The summed E-state index contributed by atoms with van der Waals surface area (Å²) in [5.41, 5.74) is 9.82. The predicted octanol–water partition coefficient (Wildman–Crippen LogP) is 5.04. The molecule has 0 aliphatic rings. The molecule has 3 aromatic carbocycles. The van der Waals surface area contributed by atoms with E-state index >= 15 is 0 Å². The Kier molecular flexibility index (Phi) is 5.66. The fourth-order valence-corrected chi connectivity index (χ4v) is 3.57. The van der Waals surface area contributed by atoms with Crippen molar-refractivity contribution in [2.75, 3.05) is 10.6 Å². The van der Waals surface area contributed by atoms with Gasteiger partial charge < -0.3 is 21.4 Å². The molecule has 0 radical (unpaired) electrons. The Morgan fingerprint density at radius 3 is 2.26 bits per heavy atom. The normalized spacial score (nSPS) is 10.7. The number of urea groups is 1. The van der Waals surface area contributed by atoms with Crippen LogP contribution in [0.5, 0.6) is 0 Å². The molecule has 5 N–H and O–H groups in total. The van der Waals surface area contributed by atoms with Crippen molar-refractivity contribution in [1.29, 1.82) is 0 Å². The van der Waals surface area contributed by atoms with Crippen LogP contribution in [0.1, 0.15) is 12.0 Å². The number of H-pyrrole nitrogens is 1. The highest BCUT2D eigenvalue weighted by Crippen LogP contribution is 2.32. The van der Waals surface area contributed by atoms with Gasteiger partial charge in [0.25, 0.3) is 0 Å². The van der Waals surface area contributed by atoms with Crippen molar-refractivity contribution in [1.82, 2.24) is 4.98 Å². The maximum absolute atomic E-state index is 13.9. The minimum Gasteiger partial charge on any atom is -0.354 e. The number of aromatic nitrogens is 1. The molecule has 31 heavy (non-hydrogen) atoms. The molecule has 4 rings (SSSR count). The van der Waals surface area contributed by atoms with Gasteiger partial charge in [0, 0.05) is 34.4 Å². The smallest absolute Gasteiger partial charge is 0.316 e. The van der Waals surface area contributed by atoms with Crippen LogP contribution in [-0.4, -0.2) is 16.9 Å². The van der Waals surface area contributed by atoms with Crippen LogP contribution < -0.4 is 16.4 Å². The SMILES string of the molecule is NC(=O)Nc1ccc(NC(=O)CCc2c(-c3ccccc3)[nH]c3ccc(F)cc23)cc1. The first-order chi connectivity index (χ1) is 15.0. The average molecular weight is 416 g/mol. The molecular weight excluding hydrogens is 395 g/mol. The van der Waals surface area contributed by atoms with Crippen LogP contribution in [0.25, 0.3) is 22.2 Å². The molecule has 0 aliphatic heterocycles. The largest absolute Gasteiger partial charge is 0.354 e. The molecule has 0 unspecified atom stereocenters. The van der Waals surface area contributed by atoms with E-state index in [1.165, 1.54) is 12.1 Å². The van der Waals surface area contributed by atoms with Gasteiger partial charge in [0.1, 0.15) is 5.82 Å². The van der Waals surface area contributed by atoms with E-state index in [1.54, 1.807) is 30.3 Å². The molecule has 0 saturated carbocycles. The van der Waals surface area contributed by atoms with Crippen LogP contribution in [0.4, 0.5) is 20.6 Å². The highest BCUT2D eigenvalue weighted by molar-refractivity contribution is 5.94. The van der Waals surface area contributed by atoms with Crippen LogP contribution in [0.15, 0.2) is 72.8 Å². The quantitative estimate of drug-likeness (QED) is 0.354. The van der Waals surface area contributed by atoms with Gasteiger partial charge in [-0.15, -0.1) is 0 Å². The van der Waals surface area contributed by atoms with Crippen molar-refractivity contribution >= 4 is 34.2 Å². The molecule has 0 fully saturated rings. The zero-order valence-corrected chi connectivity index (χ0v) is 16.6.